The van der Waals surface area contributed by atoms with E-state index in [2.05, 4.69) is 15.4 Å². The molecule has 1 aliphatic heterocycles. The Balaban J connectivity index is 2.10. The Morgan fingerprint density at radius 2 is 2.44 bits per heavy atom. The van der Waals surface area contributed by atoms with E-state index in [1.54, 1.807) is 11.3 Å². The minimum absolute atomic E-state index is 0.0265. The second-order valence-electron chi connectivity index (χ2n) is 3.72. The van der Waals surface area contributed by atoms with Gasteiger partial charge in [0.2, 0.25) is 0 Å². The number of nitrogen functional groups attached to an aromatic ring is 1. The number of fused-ring (bicyclic) bond motifs is 1. The number of hydrogen-bond acceptors (Lipinski definition) is 6. The Labute approximate surface area is 96.6 Å². The zero-order valence-electron chi connectivity index (χ0n) is 8.64. The minimum atomic E-state index is 0.0265. The van der Waals surface area contributed by atoms with Crippen LogP contribution in [0.4, 0.5) is 5.82 Å². The molecule has 0 aliphatic carbocycles. The van der Waals surface area contributed by atoms with Crippen LogP contribution < -0.4 is 11.3 Å². The van der Waals surface area contributed by atoms with E-state index in [1.807, 2.05) is 11.4 Å². The number of ether oxygens (including phenoxy) is 1. The number of anilines is 1. The Bertz CT molecular complexity index is 506. The fraction of sp³-hybridized carbons (Fsp3) is 0.400. The van der Waals surface area contributed by atoms with Gasteiger partial charge in [-0.15, -0.1) is 11.3 Å². The van der Waals surface area contributed by atoms with Gasteiger partial charge in [0.1, 0.15) is 10.9 Å². The maximum absolute atomic E-state index is 5.58. The molecule has 0 saturated carbocycles. The molecule has 1 atom stereocenters. The van der Waals surface area contributed by atoms with E-state index in [0.717, 1.165) is 35.5 Å². The molecule has 1 saturated heterocycles. The van der Waals surface area contributed by atoms with Crippen molar-refractivity contribution in [3.8, 4) is 0 Å². The maximum atomic E-state index is 5.58. The van der Waals surface area contributed by atoms with Gasteiger partial charge in [0.25, 0.3) is 0 Å². The third-order valence-electron chi connectivity index (χ3n) is 2.70. The van der Waals surface area contributed by atoms with Crippen LogP contribution in [0, 0.1) is 0 Å². The van der Waals surface area contributed by atoms with Crippen LogP contribution in [0.5, 0.6) is 0 Å². The van der Waals surface area contributed by atoms with E-state index in [-0.39, 0.29) is 6.10 Å². The van der Waals surface area contributed by atoms with Crippen molar-refractivity contribution >= 4 is 27.4 Å². The van der Waals surface area contributed by atoms with Crippen molar-refractivity contribution in [2.75, 3.05) is 12.0 Å². The summed E-state index contributed by atoms with van der Waals surface area (Å²) in [6, 6.07) is 1.97. The summed E-state index contributed by atoms with van der Waals surface area (Å²) in [7, 11) is 0. The summed E-state index contributed by atoms with van der Waals surface area (Å²) in [6.07, 6.45) is 2.08. The number of thiophene rings is 1. The first-order chi connectivity index (χ1) is 7.88. The molecule has 0 radical (unpaired) electrons. The SMILES string of the molecule is NNc1nc(C2CCCO2)nc2sccc12. The molecule has 3 heterocycles. The third-order valence-corrected chi connectivity index (χ3v) is 3.50. The molecule has 84 valence electrons. The number of hydrogen-bond donors (Lipinski definition) is 2. The number of nitrogens with two attached hydrogens (primary N) is 1. The highest BCUT2D eigenvalue weighted by Crippen LogP contribution is 2.31. The summed E-state index contributed by atoms with van der Waals surface area (Å²) < 4.78 is 5.58. The molecule has 3 N–H and O–H groups in total. The Morgan fingerprint density at radius 1 is 1.50 bits per heavy atom. The quantitative estimate of drug-likeness (QED) is 0.614. The van der Waals surface area contributed by atoms with Gasteiger partial charge >= 0.3 is 0 Å². The van der Waals surface area contributed by atoms with Gasteiger partial charge in [0.05, 0.1) is 5.39 Å². The Hall–Kier alpha value is -1.24. The summed E-state index contributed by atoms with van der Waals surface area (Å²) in [5.41, 5.74) is 2.62. The van der Waals surface area contributed by atoms with Gasteiger partial charge in [-0.1, -0.05) is 0 Å². The molecule has 0 aromatic carbocycles. The van der Waals surface area contributed by atoms with Crippen LogP contribution >= 0.6 is 11.3 Å². The van der Waals surface area contributed by atoms with Crippen LogP contribution in [0.3, 0.4) is 0 Å². The van der Waals surface area contributed by atoms with Crippen LogP contribution in [0.1, 0.15) is 24.8 Å². The highest BCUT2D eigenvalue weighted by atomic mass is 32.1. The molecule has 16 heavy (non-hydrogen) atoms. The second kappa shape index (κ2) is 3.97. The topological polar surface area (TPSA) is 73.1 Å². The Morgan fingerprint density at radius 3 is 3.19 bits per heavy atom. The number of rotatable bonds is 2. The largest absolute Gasteiger partial charge is 0.370 e. The summed E-state index contributed by atoms with van der Waals surface area (Å²) in [6.45, 7) is 0.794. The van der Waals surface area contributed by atoms with Crippen molar-refractivity contribution in [2.24, 2.45) is 5.84 Å². The maximum Gasteiger partial charge on any atom is 0.161 e. The first-order valence-corrected chi connectivity index (χ1v) is 6.10. The van der Waals surface area contributed by atoms with Crippen LogP contribution in [0.2, 0.25) is 0 Å². The van der Waals surface area contributed by atoms with Gasteiger partial charge < -0.3 is 10.2 Å². The van der Waals surface area contributed by atoms with Gasteiger partial charge in [-0.25, -0.2) is 15.8 Å². The van der Waals surface area contributed by atoms with Crippen molar-refractivity contribution in [1.29, 1.82) is 0 Å². The molecule has 6 heteroatoms. The first kappa shape index (κ1) is 9.95. The zero-order valence-corrected chi connectivity index (χ0v) is 9.46. The predicted octanol–water partition coefficient (Wildman–Crippen LogP) is 1.83. The van der Waals surface area contributed by atoms with Gasteiger partial charge in [0, 0.05) is 6.61 Å². The number of nitrogens with zero attached hydrogens (tertiary/aromatic N) is 2. The van der Waals surface area contributed by atoms with E-state index in [1.165, 1.54) is 0 Å². The smallest absolute Gasteiger partial charge is 0.161 e. The lowest BCUT2D eigenvalue weighted by Gasteiger charge is -2.09. The lowest BCUT2D eigenvalue weighted by atomic mass is 10.2. The zero-order chi connectivity index (χ0) is 11.0. The average molecular weight is 236 g/mol. The molecule has 3 rings (SSSR count). The number of nitrogens with one attached hydrogen (secondary N) is 1. The fourth-order valence-corrected chi connectivity index (χ4v) is 2.68. The molecule has 2 aromatic heterocycles. The van der Waals surface area contributed by atoms with Crippen LogP contribution in [0.15, 0.2) is 11.4 Å². The molecule has 2 aromatic rings. The van der Waals surface area contributed by atoms with Gasteiger partial charge in [-0.3, -0.25) is 0 Å². The molecule has 0 spiro atoms. The molecule has 1 unspecified atom stereocenters. The monoisotopic (exact) mass is 236 g/mol. The highest BCUT2D eigenvalue weighted by Gasteiger charge is 2.22. The van der Waals surface area contributed by atoms with E-state index in [0.29, 0.717) is 5.82 Å². The highest BCUT2D eigenvalue weighted by molar-refractivity contribution is 7.16. The van der Waals surface area contributed by atoms with Crippen molar-refractivity contribution in [3.05, 3.63) is 17.3 Å². The minimum Gasteiger partial charge on any atom is -0.370 e. The predicted molar refractivity (Wildman–Crippen MR) is 63.2 cm³/mol. The molecular formula is C10H12N4OS. The van der Waals surface area contributed by atoms with Gasteiger partial charge in [-0.05, 0) is 24.3 Å². The summed E-state index contributed by atoms with van der Waals surface area (Å²) >= 11 is 1.59. The van der Waals surface area contributed by atoms with Crippen molar-refractivity contribution in [1.82, 2.24) is 9.97 Å². The van der Waals surface area contributed by atoms with E-state index >= 15 is 0 Å². The van der Waals surface area contributed by atoms with E-state index in [9.17, 15) is 0 Å². The average Bonchev–Trinajstić information content (AvgIpc) is 2.97. The van der Waals surface area contributed by atoms with Crippen molar-refractivity contribution in [2.45, 2.75) is 18.9 Å². The van der Waals surface area contributed by atoms with E-state index < -0.39 is 0 Å². The van der Waals surface area contributed by atoms with Crippen molar-refractivity contribution < 1.29 is 4.74 Å². The summed E-state index contributed by atoms with van der Waals surface area (Å²) in [5.74, 6) is 6.88. The standard InChI is InChI=1S/C10H12N4OS/c11-14-8-6-3-5-16-10(6)13-9(12-8)7-2-1-4-15-7/h3,5,7H,1-2,4,11H2,(H,12,13,14). The fourth-order valence-electron chi connectivity index (χ4n) is 1.91. The van der Waals surface area contributed by atoms with Crippen LogP contribution in [0.25, 0.3) is 10.2 Å². The van der Waals surface area contributed by atoms with Crippen LogP contribution in [-0.4, -0.2) is 16.6 Å². The first-order valence-electron chi connectivity index (χ1n) is 5.22. The van der Waals surface area contributed by atoms with Crippen LogP contribution in [-0.2, 0) is 4.74 Å². The third kappa shape index (κ3) is 1.55. The normalized spacial score (nSPS) is 20.4. The second-order valence-corrected chi connectivity index (χ2v) is 4.61. The molecule has 0 amide bonds. The number of hydrazine groups is 1. The van der Waals surface area contributed by atoms with Gasteiger partial charge in [-0.2, -0.15) is 0 Å². The molecule has 5 nitrogen and oxygen atoms in total. The summed E-state index contributed by atoms with van der Waals surface area (Å²) in [5, 5.41) is 2.95. The van der Waals surface area contributed by atoms with E-state index in [4.69, 9.17) is 10.6 Å². The lowest BCUT2D eigenvalue weighted by molar-refractivity contribution is 0.105. The van der Waals surface area contributed by atoms with Crippen molar-refractivity contribution in [3.63, 3.8) is 0 Å². The molecule has 0 bridgehead atoms. The molecular weight excluding hydrogens is 224 g/mol. The lowest BCUT2D eigenvalue weighted by Crippen LogP contribution is -2.12. The van der Waals surface area contributed by atoms with Gasteiger partial charge in [0.15, 0.2) is 11.6 Å². The number of aromatic nitrogens is 2. The summed E-state index contributed by atoms with van der Waals surface area (Å²) in [4.78, 5) is 9.87. The Kier molecular flexibility index (Phi) is 2.47. The molecule has 1 aliphatic rings. The molecule has 1 fully saturated rings.